The van der Waals surface area contributed by atoms with Gasteiger partial charge in [0.2, 0.25) is 0 Å². The Hall–Kier alpha value is -3.01. The first-order valence-corrected chi connectivity index (χ1v) is 9.00. The van der Waals surface area contributed by atoms with Crippen molar-refractivity contribution in [2.45, 2.75) is 26.7 Å². The SMILES string of the molecule is COc1cc(C=CC=Cc2ccccc2)c(C(=O)O)c(O)c1CCC(C)C. The summed E-state index contributed by atoms with van der Waals surface area (Å²) >= 11 is 0. The molecule has 4 heteroatoms. The number of ether oxygens (including phenoxy) is 1. The third kappa shape index (κ3) is 5.48. The Morgan fingerprint density at radius 3 is 2.41 bits per heavy atom. The van der Waals surface area contributed by atoms with Crippen molar-refractivity contribution < 1.29 is 19.7 Å². The molecule has 2 aromatic rings. The number of carbonyl (C=O) groups is 1. The Morgan fingerprint density at radius 1 is 1.15 bits per heavy atom. The molecule has 0 aromatic heterocycles. The molecule has 0 amide bonds. The zero-order chi connectivity index (χ0) is 19.8. The summed E-state index contributed by atoms with van der Waals surface area (Å²) in [7, 11) is 1.52. The number of hydrogen-bond acceptors (Lipinski definition) is 3. The van der Waals surface area contributed by atoms with Crippen molar-refractivity contribution in [2.75, 3.05) is 7.11 Å². The van der Waals surface area contributed by atoms with Gasteiger partial charge in [-0.3, -0.25) is 0 Å². The molecule has 0 saturated carbocycles. The van der Waals surface area contributed by atoms with Crippen molar-refractivity contribution in [1.29, 1.82) is 0 Å². The molecule has 0 spiro atoms. The van der Waals surface area contributed by atoms with E-state index in [9.17, 15) is 15.0 Å². The average molecular weight is 366 g/mol. The highest BCUT2D eigenvalue weighted by atomic mass is 16.5. The molecule has 0 radical (unpaired) electrons. The van der Waals surface area contributed by atoms with E-state index in [0.29, 0.717) is 29.2 Å². The summed E-state index contributed by atoms with van der Waals surface area (Å²) in [4.78, 5) is 11.7. The molecule has 0 bridgehead atoms. The van der Waals surface area contributed by atoms with Gasteiger partial charge in [-0.2, -0.15) is 0 Å². The first-order valence-electron chi connectivity index (χ1n) is 9.00. The maximum atomic E-state index is 11.7. The van der Waals surface area contributed by atoms with Crippen LogP contribution >= 0.6 is 0 Å². The number of allylic oxidation sites excluding steroid dienone is 2. The third-order valence-corrected chi connectivity index (χ3v) is 4.28. The smallest absolute Gasteiger partial charge is 0.340 e. The van der Waals surface area contributed by atoms with E-state index in [4.69, 9.17) is 4.74 Å². The van der Waals surface area contributed by atoms with Crippen molar-refractivity contribution in [3.05, 3.63) is 70.8 Å². The largest absolute Gasteiger partial charge is 0.507 e. The molecule has 2 N–H and O–H groups in total. The highest BCUT2D eigenvalue weighted by molar-refractivity contribution is 5.96. The molecule has 0 saturated heterocycles. The minimum absolute atomic E-state index is 0.0982. The number of aromatic hydroxyl groups is 1. The summed E-state index contributed by atoms with van der Waals surface area (Å²) in [6.45, 7) is 4.16. The molecule has 2 aromatic carbocycles. The molecule has 0 unspecified atom stereocenters. The molecular weight excluding hydrogens is 340 g/mol. The highest BCUT2D eigenvalue weighted by Crippen LogP contribution is 2.36. The van der Waals surface area contributed by atoms with Gasteiger partial charge in [0, 0.05) is 5.56 Å². The minimum atomic E-state index is -1.16. The fourth-order valence-electron chi connectivity index (χ4n) is 2.81. The number of benzene rings is 2. The number of hydrogen-bond donors (Lipinski definition) is 2. The lowest BCUT2D eigenvalue weighted by Crippen LogP contribution is -2.05. The Kier molecular flexibility index (Phi) is 7.24. The highest BCUT2D eigenvalue weighted by Gasteiger charge is 2.21. The lowest BCUT2D eigenvalue weighted by molar-refractivity contribution is 0.0693. The van der Waals surface area contributed by atoms with E-state index in [-0.39, 0.29) is 11.3 Å². The van der Waals surface area contributed by atoms with Gasteiger partial charge in [0.25, 0.3) is 0 Å². The number of phenols is 1. The molecule has 0 atom stereocenters. The summed E-state index contributed by atoms with van der Waals surface area (Å²) < 4.78 is 5.40. The number of carboxylic acid groups (broad SMARTS) is 1. The summed E-state index contributed by atoms with van der Waals surface area (Å²) in [5.74, 6) is -0.434. The van der Waals surface area contributed by atoms with Crippen LogP contribution in [0.25, 0.3) is 12.2 Å². The lowest BCUT2D eigenvalue weighted by atomic mass is 9.95. The number of carboxylic acids is 1. The summed E-state index contributed by atoms with van der Waals surface area (Å²) in [5.41, 5.74) is 1.90. The van der Waals surface area contributed by atoms with E-state index in [1.807, 2.05) is 42.5 Å². The van der Waals surface area contributed by atoms with Crippen LogP contribution in [-0.2, 0) is 6.42 Å². The van der Waals surface area contributed by atoms with Gasteiger partial charge in [-0.25, -0.2) is 4.79 Å². The predicted octanol–water partition coefficient (Wildman–Crippen LogP) is 5.41. The van der Waals surface area contributed by atoms with E-state index in [0.717, 1.165) is 12.0 Å². The van der Waals surface area contributed by atoms with Gasteiger partial charge in [-0.15, -0.1) is 0 Å². The lowest BCUT2D eigenvalue weighted by Gasteiger charge is -2.16. The van der Waals surface area contributed by atoms with Crippen LogP contribution in [0.1, 0.15) is 47.3 Å². The van der Waals surface area contributed by atoms with E-state index < -0.39 is 5.97 Å². The van der Waals surface area contributed by atoms with E-state index in [1.165, 1.54) is 7.11 Å². The Labute approximate surface area is 160 Å². The van der Waals surface area contributed by atoms with Crippen molar-refractivity contribution in [2.24, 2.45) is 5.92 Å². The Bertz CT molecular complexity index is 833. The first kappa shape index (κ1) is 20.3. The molecule has 2 rings (SSSR count). The van der Waals surface area contributed by atoms with Crippen LogP contribution in [0.15, 0.2) is 48.6 Å². The molecule has 4 nitrogen and oxygen atoms in total. The topological polar surface area (TPSA) is 66.8 Å². The van der Waals surface area contributed by atoms with Crippen molar-refractivity contribution >= 4 is 18.1 Å². The van der Waals surface area contributed by atoms with E-state index in [1.54, 1.807) is 18.2 Å². The minimum Gasteiger partial charge on any atom is -0.507 e. The fraction of sp³-hybridized carbons (Fsp3) is 0.261. The van der Waals surface area contributed by atoms with Crippen molar-refractivity contribution in [1.82, 2.24) is 0 Å². The summed E-state index contributed by atoms with van der Waals surface area (Å²) in [6, 6.07) is 11.5. The van der Waals surface area contributed by atoms with Crippen LogP contribution in [0.2, 0.25) is 0 Å². The second kappa shape index (κ2) is 9.62. The van der Waals surface area contributed by atoms with Crippen molar-refractivity contribution in [3.63, 3.8) is 0 Å². The van der Waals surface area contributed by atoms with Gasteiger partial charge in [0.15, 0.2) is 0 Å². The Balaban J connectivity index is 2.37. The van der Waals surface area contributed by atoms with Gasteiger partial charge < -0.3 is 14.9 Å². The van der Waals surface area contributed by atoms with Crippen molar-refractivity contribution in [3.8, 4) is 11.5 Å². The number of aromatic carboxylic acids is 1. The van der Waals surface area contributed by atoms with E-state index in [2.05, 4.69) is 13.8 Å². The first-order chi connectivity index (χ1) is 12.9. The predicted molar refractivity (Wildman–Crippen MR) is 109 cm³/mol. The third-order valence-electron chi connectivity index (χ3n) is 4.28. The van der Waals surface area contributed by atoms with Crippen LogP contribution < -0.4 is 4.74 Å². The summed E-state index contributed by atoms with van der Waals surface area (Å²) in [6.07, 6.45) is 8.56. The van der Waals surface area contributed by atoms with Gasteiger partial charge in [0.1, 0.15) is 17.1 Å². The number of rotatable bonds is 8. The molecule has 142 valence electrons. The van der Waals surface area contributed by atoms with Gasteiger partial charge in [-0.1, -0.05) is 68.5 Å². The Morgan fingerprint density at radius 2 is 1.81 bits per heavy atom. The normalized spacial score (nSPS) is 11.6. The molecular formula is C23H26O4. The van der Waals surface area contributed by atoms with Gasteiger partial charge >= 0.3 is 5.97 Å². The quantitative estimate of drug-likeness (QED) is 0.613. The number of methoxy groups -OCH3 is 1. The van der Waals surface area contributed by atoms with Crippen LogP contribution in [-0.4, -0.2) is 23.3 Å². The molecule has 0 fully saturated rings. The van der Waals surface area contributed by atoms with Crippen LogP contribution in [0, 0.1) is 5.92 Å². The zero-order valence-corrected chi connectivity index (χ0v) is 16.0. The second-order valence-corrected chi connectivity index (χ2v) is 6.74. The van der Waals surface area contributed by atoms with E-state index >= 15 is 0 Å². The molecule has 0 aliphatic heterocycles. The monoisotopic (exact) mass is 366 g/mol. The van der Waals surface area contributed by atoms with Crippen LogP contribution in [0.3, 0.4) is 0 Å². The average Bonchev–Trinajstić information content (AvgIpc) is 2.64. The maximum Gasteiger partial charge on any atom is 0.340 e. The molecule has 0 aliphatic carbocycles. The fourth-order valence-corrected chi connectivity index (χ4v) is 2.81. The van der Waals surface area contributed by atoms with Crippen LogP contribution in [0.4, 0.5) is 0 Å². The maximum absolute atomic E-state index is 11.7. The molecule has 27 heavy (non-hydrogen) atoms. The van der Waals surface area contributed by atoms with Crippen LogP contribution in [0.5, 0.6) is 11.5 Å². The summed E-state index contributed by atoms with van der Waals surface area (Å²) in [5, 5.41) is 20.2. The molecule has 0 heterocycles. The van der Waals surface area contributed by atoms with Gasteiger partial charge in [0.05, 0.1) is 7.11 Å². The second-order valence-electron chi connectivity index (χ2n) is 6.74. The standard InChI is InChI=1S/C23H26O4/c1-16(2)13-14-19-20(27-3)15-18(21(22(19)24)23(25)26)12-8-7-11-17-9-5-4-6-10-17/h4-12,15-16,24H,13-14H2,1-3H3,(H,25,26). The molecule has 0 aliphatic rings. The zero-order valence-electron chi connectivity index (χ0n) is 16.0. The van der Waals surface area contributed by atoms with Gasteiger partial charge in [-0.05, 0) is 36.0 Å².